The van der Waals surface area contributed by atoms with E-state index in [-0.39, 0.29) is 63.2 Å². The van der Waals surface area contributed by atoms with Gasteiger partial charge in [-0.1, -0.05) is 61.4 Å². The van der Waals surface area contributed by atoms with Crippen LogP contribution in [0.25, 0.3) is 5.73 Å². The number of carbonyl (C=O) groups is 6. The number of ketones is 1. The zero-order chi connectivity index (χ0) is 36.6. The quantitative estimate of drug-likeness (QED) is 0.127. The van der Waals surface area contributed by atoms with Gasteiger partial charge in [0.05, 0.1) is 6.04 Å². The summed E-state index contributed by atoms with van der Waals surface area (Å²) in [6, 6.07) is -3.71. The zero-order valence-electron chi connectivity index (χ0n) is 30.1. The van der Waals surface area contributed by atoms with Crippen molar-refractivity contribution in [2.45, 2.75) is 138 Å². The third-order valence-corrected chi connectivity index (χ3v) is 6.92. The summed E-state index contributed by atoms with van der Waals surface area (Å²) in [5.74, 6) is -2.33. The fourth-order valence-corrected chi connectivity index (χ4v) is 3.69. The molecule has 1 rings (SSSR count). The van der Waals surface area contributed by atoms with Crippen LogP contribution in [0.15, 0.2) is 0 Å². The number of alkyl halides is 3. The number of carbonyl (C=O) groups excluding carboxylic acids is 6. The van der Waals surface area contributed by atoms with Crippen molar-refractivity contribution in [3.8, 4) is 0 Å². The second-order valence-electron chi connectivity index (χ2n) is 13.0. The first kappa shape index (κ1) is 49.8. The van der Waals surface area contributed by atoms with Gasteiger partial charge in [0.2, 0.25) is 11.7 Å². The predicted octanol–water partition coefficient (Wildman–Crippen LogP) is 1.74. The van der Waals surface area contributed by atoms with Crippen molar-refractivity contribution >= 4 is 35.9 Å². The largest absolute Gasteiger partial charge is 1.00 e. The Labute approximate surface area is 320 Å². The molecule has 47 heavy (non-hydrogen) atoms. The SMILES string of the molecule is CCC(C)(C)OC(=O)C(NC(=O)NC(C(=O)N1CCCC1C=O)C(C)(C)C)C(C)C.CCC(F)(F)F.CCNC(=O)C(=O)C(C)[NH-].[K+]. The summed E-state index contributed by atoms with van der Waals surface area (Å²) in [5, 5.41) is 7.72. The number of nitrogens with one attached hydrogen (secondary N) is 4. The fourth-order valence-electron chi connectivity index (χ4n) is 3.69. The first-order valence-corrected chi connectivity index (χ1v) is 15.5. The van der Waals surface area contributed by atoms with E-state index in [1.54, 1.807) is 6.92 Å². The van der Waals surface area contributed by atoms with Gasteiger partial charge in [-0.3, -0.25) is 14.4 Å². The monoisotopic (exact) mass is 705 g/mol. The Hall–Kier alpha value is -1.59. The van der Waals surface area contributed by atoms with E-state index in [0.29, 0.717) is 25.9 Å². The second kappa shape index (κ2) is 22.9. The van der Waals surface area contributed by atoms with Crippen LogP contribution < -0.4 is 67.3 Å². The number of hydrogen-bond donors (Lipinski definition) is 3. The molecule has 0 aromatic carbocycles. The summed E-state index contributed by atoms with van der Waals surface area (Å²) < 4.78 is 37.9. The number of nitrogens with zero attached hydrogens (tertiary/aromatic N) is 1. The molecule has 0 saturated carbocycles. The molecule has 4 N–H and O–H groups in total. The summed E-state index contributed by atoms with van der Waals surface area (Å²) in [6.07, 6.45) is -1.87. The molecule has 1 heterocycles. The number of likely N-dealkylation sites (tertiary alicyclic amines) is 1. The number of amides is 4. The van der Waals surface area contributed by atoms with E-state index in [9.17, 15) is 41.9 Å². The Morgan fingerprint density at radius 3 is 1.83 bits per heavy atom. The Bertz CT molecular complexity index is 1020. The number of esters is 1. The molecule has 268 valence electrons. The number of hydrogen-bond acceptors (Lipinski definition) is 7. The minimum Gasteiger partial charge on any atom is -0.668 e. The molecule has 0 radical (unpaired) electrons. The van der Waals surface area contributed by atoms with Gasteiger partial charge in [-0.05, 0) is 51.4 Å². The van der Waals surface area contributed by atoms with E-state index in [0.717, 1.165) is 19.6 Å². The average molecular weight is 706 g/mol. The first-order valence-electron chi connectivity index (χ1n) is 15.5. The first-order chi connectivity index (χ1) is 20.9. The van der Waals surface area contributed by atoms with E-state index in [1.807, 2.05) is 55.4 Å². The third kappa shape index (κ3) is 20.5. The van der Waals surface area contributed by atoms with Crippen LogP contribution in [0.5, 0.6) is 0 Å². The summed E-state index contributed by atoms with van der Waals surface area (Å²) >= 11 is 0. The van der Waals surface area contributed by atoms with Gasteiger partial charge < -0.3 is 36.1 Å². The topological polar surface area (TPSA) is 175 Å². The molecule has 1 saturated heterocycles. The standard InChI is InChI=1S/C22H39N3O5.C6H11N2O2.C3H5F3.K/c1-9-22(7,8)30-19(28)16(14(2)3)23-20(29)24-17(21(4,5)6)18(27)25-12-10-11-15(25)13-26;1-3-8-6(10)5(9)4(2)7;1-2-3(4,5)6;/h13-17H,9-12H2,1-8H3,(H2,23,24,29);4,7H,3H2,1-2H3,(H,8,10);2H2,1H3;/q;-1;;+1. The van der Waals surface area contributed by atoms with Crippen LogP contribution in [-0.2, 0) is 28.7 Å². The maximum atomic E-state index is 13.1. The van der Waals surface area contributed by atoms with Crippen molar-refractivity contribution in [2.24, 2.45) is 11.3 Å². The third-order valence-electron chi connectivity index (χ3n) is 6.92. The van der Waals surface area contributed by atoms with Gasteiger partial charge in [0, 0.05) is 19.5 Å². The van der Waals surface area contributed by atoms with Crippen LogP contribution in [0, 0.1) is 11.3 Å². The van der Waals surface area contributed by atoms with Crippen LogP contribution in [0.3, 0.4) is 0 Å². The Balaban J connectivity index is -0.000000937. The number of ether oxygens (including phenoxy) is 1. The molecule has 0 spiro atoms. The van der Waals surface area contributed by atoms with Crippen molar-refractivity contribution in [1.29, 1.82) is 0 Å². The molecule has 1 aliphatic heterocycles. The Morgan fingerprint density at radius 1 is 0.957 bits per heavy atom. The van der Waals surface area contributed by atoms with Gasteiger partial charge >= 0.3 is 69.6 Å². The van der Waals surface area contributed by atoms with E-state index in [4.69, 9.17) is 10.5 Å². The van der Waals surface area contributed by atoms with Crippen LogP contribution in [0.2, 0.25) is 0 Å². The fraction of sp³-hybridized carbons (Fsp3) is 0.806. The molecular formula is C31H55F3KN5O7. The predicted molar refractivity (Wildman–Crippen MR) is 169 cm³/mol. The van der Waals surface area contributed by atoms with E-state index in [2.05, 4.69) is 16.0 Å². The zero-order valence-corrected chi connectivity index (χ0v) is 33.3. The summed E-state index contributed by atoms with van der Waals surface area (Å²) in [6.45, 7) is 19.8. The van der Waals surface area contributed by atoms with Gasteiger partial charge in [0.1, 0.15) is 24.0 Å². The molecule has 16 heteroatoms. The van der Waals surface area contributed by atoms with Gasteiger partial charge in [-0.15, -0.1) is 0 Å². The summed E-state index contributed by atoms with van der Waals surface area (Å²) in [4.78, 5) is 72.6. The molecule has 1 aliphatic rings. The maximum absolute atomic E-state index is 13.1. The normalized spacial score (nSPS) is 16.4. The van der Waals surface area contributed by atoms with Crippen LogP contribution in [0.1, 0.15) is 102 Å². The van der Waals surface area contributed by atoms with Crippen molar-refractivity contribution < 1.29 is 98.1 Å². The van der Waals surface area contributed by atoms with Crippen molar-refractivity contribution in [3.05, 3.63) is 5.73 Å². The molecule has 0 bridgehead atoms. The smallest absolute Gasteiger partial charge is 0.668 e. The van der Waals surface area contributed by atoms with Crippen LogP contribution >= 0.6 is 0 Å². The molecular weight excluding hydrogens is 650 g/mol. The van der Waals surface area contributed by atoms with Gasteiger partial charge in [0.25, 0.3) is 5.91 Å². The van der Waals surface area contributed by atoms with E-state index >= 15 is 0 Å². The molecule has 0 aromatic heterocycles. The maximum Gasteiger partial charge on any atom is 1.00 e. The number of Topliss-reactive ketones (excluding diaryl/α,β-unsaturated/α-hetero) is 1. The molecule has 4 unspecified atom stereocenters. The Kier molecular flexibility index (Phi) is 24.3. The van der Waals surface area contributed by atoms with Gasteiger partial charge in [-0.25, -0.2) is 9.59 Å². The van der Waals surface area contributed by atoms with Crippen molar-refractivity contribution in [3.63, 3.8) is 0 Å². The second-order valence-corrected chi connectivity index (χ2v) is 13.0. The van der Waals surface area contributed by atoms with Gasteiger partial charge in [-0.2, -0.15) is 13.2 Å². The molecule has 4 atom stereocenters. The summed E-state index contributed by atoms with van der Waals surface area (Å²) in [7, 11) is 0. The van der Waals surface area contributed by atoms with Crippen LogP contribution in [-0.4, -0.2) is 89.8 Å². The number of halogens is 3. The molecule has 12 nitrogen and oxygen atoms in total. The molecule has 1 fully saturated rings. The Morgan fingerprint density at radius 2 is 1.47 bits per heavy atom. The summed E-state index contributed by atoms with van der Waals surface area (Å²) in [5.41, 5.74) is 5.67. The van der Waals surface area contributed by atoms with Crippen molar-refractivity contribution in [1.82, 2.24) is 20.9 Å². The number of aldehydes is 1. The van der Waals surface area contributed by atoms with Crippen LogP contribution in [0.4, 0.5) is 18.0 Å². The molecule has 0 aromatic rings. The molecule has 4 amide bonds. The minimum atomic E-state index is -3.96. The average Bonchev–Trinajstić information content (AvgIpc) is 3.42. The number of rotatable bonds is 11. The number of likely N-dealkylation sites (N-methyl/N-ethyl adjacent to an activating group) is 1. The molecule has 0 aliphatic carbocycles. The minimum absolute atomic E-state index is 0. The van der Waals surface area contributed by atoms with E-state index in [1.165, 1.54) is 11.8 Å². The van der Waals surface area contributed by atoms with Crippen molar-refractivity contribution in [2.75, 3.05) is 13.1 Å². The van der Waals surface area contributed by atoms with E-state index < -0.39 is 71.5 Å². The number of urea groups is 1. The van der Waals surface area contributed by atoms with Gasteiger partial charge in [0.15, 0.2) is 0 Å².